The average Bonchev–Trinajstić information content (AvgIpc) is 3.33. The molecule has 0 saturated carbocycles. The minimum Gasteiger partial charge on any atom is -0.497 e. The van der Waals surface area contributed by atoms with Crippen LogP contribution >= 0.6 is 0 Å². The van der Waals surface area contributed by atoms with E-state index in [1.54, 1.807) is 49.1 Å². The number of rotatable bonds is 10. The van der Waals surface area contributed by atoms with Crippen molar-refractivity contribution >= 4 is 21.6 Å². The Morgan fingerprint density at radius 3 is 2.43 bits per heavy atom. The summed E-state index contributed by atoms with van der Waals surface area (Å²) >= 11 is 0. The first-order chi connectivity index (χ1) is 17.7. The van der Waals surface area contributed by atoms with E-state index in [1.807, 2.05) is 0 Å². The molecule has 2 aromatic carbocycles. The fourth-order valence-corrected chi connectivity index (χ4v) is 4.31. The second-order valence-electron chi connectivity index (χ2n) is 7.95. The largest absolute Gasteiger partial charge is 0.497 e. The highest BCUT2D eigenvalue weighted by atomic mass is 32.2. The molecule has 2 aromatic heterocycles. The quantitative estimate of drug-likeness (QED) is 0.307. The third-order valence-electron chi connectivity index (χ3n) is 5.42. The fraction of sp³-hybridized carbons (Fsp3) is 0.250. The summed E-state index contributed by atoms with van der Waals surface area (Å²) in [4.78, 5) is 12.5. The molecule has 0 saturated heterocycles. The number of hydrogen-bond acceptors (Lipinski definition) is 9. The predicted octanol–water partition coefficient (Wildman–Crippen LogP) is 1.87. The van der Waals surface area contributed by atoms with Crippen LogP contribution in [0.15, 0.2) is 59.5 Å². The highest BCUT2D eigenvalue weighted by molar-refractivity contribution is 7.89. The van der Waals surface area contributed by atoms with Crippen LogP contribution in [0.4, 0.5) is 0 Å². The van der Waals surface area contributed by atoms with Gasteiger partial charge < -0.3 is 19.5 Å². The van der Waals surface area contributed by atoms with Crippen molar-refractivity contribution in [2.24, 2.45) is 0 Å². The molecular formula is C24H26N6O6S. The lowest BCUT2D eigenvalue weighted by Gasteiger charge is -2.12. The van der Waals surface area contributed by atoms with Gasteiger partial charge in [-0.25, -0.2) is 12.7 Å². The van der Waals surface area contributed by atoms with Gasteiger partial charge in [0.2, 0.25) is 15.9 Å². The number of methoxy groups -OCH3 is 2. The van der Waals surface area contributed by atoms with Crippen molar-refractivity contribution in [2.45, 2.75) is 4.90 Å². The number of ether oxygens (including phenoxy) is 3. The number of fused-ring (bicyclic) bond motifs is 1. The minimum atomic E-state index is -3.56. The number of nitrogens with zero attached hydrogens (tertiary/aromatic N) is 5. The van der Waals surface area contributed by atoms with Gasteiger partial charge >= 0.3 is 0 Å². The van der Waals surface area contributed by atoms with Crippen molar-refractivity contribution in [3.05, 3.63) is 60.2 Å². The molecule has 0 aliphatic heterocycles. The number of hydrogen-bond donors (Lipinski definition) is 1. The Balaban J connectivity index is 1.40. The number of carbonyl (C=O) groups excluding carboxylic acids is 1. The number of sulfonamides is 1. The summed E-state index contributed by atoms with van der Waals surface area (Å²) in [5.41, 5.74) is 1.53. The van der Waals surface area contributed by atoms with Crippen LogP contribution in [-0.4, -0.2) is 79.9 Å². The molecule has 0 aliphatic carbocycles. The van der Waals surface area contributed by atoms with E-state index in [1.165, 1.54) is 38.4 Å². The Labute approximate surface area is 213 Å². The Hall–Kier alpha value is -4.23. The molecule has 0 spiro atoms. The van der Waals surface area contributed by atoms with Gasteiger partial charge in [0, 0.05) is 31.8 Å². The predicted molar refractivity (Wildman–Crippen MR) is 134 cm³/mol. The number of aromatic nitrogens is 4. The lowest BCUT2D eigenvalue weighted by Crippen LogP contribution is -2.28. The SMILES string of the molecule is COc1ccc(-c2nnc3ccc(OCCNC(=O)c4ccc(S(=O)(=O)N(C)C)cc4)nn23)c(OC)c1. The molecule has 0 aliphatic rings. The highest BCUT2D eigenvalue weighted by Gasteiger charge is 2.18. The van der Waals surface area contributed by atoms with Crippen molar-refractivity contribution in [3.8, 4) is 28.8 Å². The van der Waals surface area contributed by atoms with Gasteiger partial charge in [0.15, 0.2) is 11.5 Å². The van der Waals surface area contributed by atoms with Crippen molar-refractivity contribution < 1.29 is 27.4 Å². The Morgan fingerprint density at radius 2 is 1.76 bits per heavy atom. The molecular weight excluding hydrogens is 500 g/mol. The number of amides is 1. The Bertz CT molecular complexity index is 1520. The van der Waals surface area contributed by atoms with E-state index in [2.05, 4.69) is 20.6 Å². The van der Waals surface area contributed by atoms with Gasteiger partial charge in [0.1, 0.15) is 18.1 Å². The summed E-state index contributed by atoms with van der Waals surface area (Å²) in [7, 11) is 2.46. The zero-order valence-corrected chi connectivity index (χ0v) is 21.5. The summed E-state index contributed by atoms with van der Waals surface area (Å²) in [6, 6.07) is 14.4. The topological polar surface area (TPSA) is 137 Å². The maximum atomic E-state index is 12.4. The van der Waals surface area contributed by atoms with Gasteiger partial charge in [0.05, 0.1) is 31.2 Å². The zero-order valence-electron chi connectivity index (χ0n) is 20.7. The van der Waals surface area contributed by atoms with Gasteiger partial charge in [-0.3, -0.25) is 4.79 Å². The van der Waals surface area contributed by atoms with Crippen LogP contribution in [-0.2, 0) is 10.0 Å². The van der Waals surface area contributed by atoms with Crippen LogP contribution in [0.3, 0.4) is 0 Å². The van der Waals surface area contributed by atoms with E-state index in [4.69, 9.17) is 14.2 Å². The summed E-state index contributed by atoms with van der Waals surface area (Å²) in [5.74, 6) is 1.62. The maximum absolute atomic E-state index is 12.4. The molecule has 2 heterocycles. The van der Waals surface area contributed by atoms with Crippen molar-refractivity contribution in [1.82, 2.24) is 29.4 Å². The smallest absolute Gasteiger partial charge is 0.251 e. The van der Waals surface area contributed by atoms with E-state index in [0.717, 1.165) is 4.31 Å². The average molecular weight is 527 g/mol. The lowest BCUT2D eigenvalue weighted by atomic mass is 10.2. The van der Waals surface area contributed by atoms with Crippen LogP contribution in [0.25, 0.3) is 17.0 Å². The first-order valence-corrected chi connectivity index (χ1v) is 12.6. The number of benzene rings is 2. The summed E-state index contributed by atoms with van der Waals surface area (Å²) in [6.45, 7) is 0.359. The number of carbonyl (C=O) groups is 1. The van der Waals surface area contributed by atoms with E-state index in [-0.39, 0.29) is 24.0 Å². The first kappa shape index (κ1) is 25.9. The molecule has 13 heteroatoms. The van der Waals surface area contributed by atoms with Crippen LogP contribution in [0.1, 0.15) is 10.4 Å². The monoisotopic (exact) mass is 526 g/mol. The maximum Gasteiger partial charge on any atom is 0.251 e. The van der Waals surface area contributed by atoms with Crippen molar-refractivity contribution in [2.75, 3.05) is 41.5 Å². The molecule has 0 unspecified atom stereocenters. The second-order valence-corrected chi connectivity index (χ2v) is 10.1. The minimum absolute atomic E-state index is 0.111. The van der Waals surface area contributed by atoms with Gasteiger partial charge in [0.25, 0.3) is 5.91 Å². The third-order valence-corrected chi connectivity index (χ3v) is 7.25. The van der Waals surface area contributed by atoms with Crippen molar-refractivity contribution in [1.29, 1.82) is 0 Å². The molecule has 194 valence electrons. The van der Waals surface area contributed by atoms with E-state index in [9.17, 15) is 13.2 Å². The standard InChI is InChI=1S/C24H26N6O6S/c1-29(2)37(32,33)18-8-5-16(6-9-18)24(31)25-13-14-36-22-12-11-21-26-27-23(30(21)28-22)19-10-7-17(34-3)15-20(19)35-4/h5-12,15H,13-14H2,1-4H3,(H,25,31). The van der Waals surface area contributed by atoms with Gasteiger partial charge in [-0.1, -0.05) is 0 Å². The molecule has 12 nitrogen and oxygen atoms in total. The van der Waals surface area contributed by atoms with Gasteiger partial charge in [-0.15, -0.1) is 15.3 Å². The highest BCUT2D eigenvalue weighted by Crippen LogP contribution is 2.32. The molecule has 1 amide bonds. The first-order valence-electron chi connectivity index (χ1n) is 11.1. The van der Waals surface area contributed by atoms with Crippen LogP contribution in [0, 0.1) is 0 Å². The third kappa shape index (κ3) is 5.47. The normalized spacial score (nSPS) is 11.5. The molecule has 4 aromatic rings. The second kappa shape index (κ2) is 10.8. The zero-order chi connectivity index (χ0) is 26.6. The summed E-state index contributed by atoms with van der Waals surface area (Å²) in [6.07, 6.45) is 0. The molecule has 4 rings (SSSR count). The Kier molecular flexibility index (Phi) is 7.55. The molecule has 0 bridgehead atoms. The van der Waals surface area contributed by atoms with E-state index in [0.29, 0.717) is 40.0 Å². The van der Waals surface area contributed by atoms with Crippen LogP contribution < -0.4 is 19.5 Å². The van der Waals surface area contributed by atoms with Crippen LogP contribution in [0.2, 0.25) is 0 Å². The summed E-state index contributed by atoms with van der Waals surface area (Å²) in [5, 5.41) is 15.6. The summed E-state index contributed by atoms with van der Waals surface area (Å²) < 4.78 is 43.4. The molecule has 37 heavy (non-hydrogen) atoms. The number of nitrogens with one attached hydrogen (secondary N) is 1. The van der Waals surface area contributed by atoms with Crippen molar-refractivity contribution in [3.63, 3.8) is 0 Å². The molecule has 0 atom stereocenters. The molecule has 1 N–H and O–H groups in total. The Morgan fingerprint density at radius 1 is 1.00 bits per heavy atom. The van der Waals surface area contributed by atoms with E-state index >= 15 is 0 Å². The van der Waals surface area contributed by atoms with E-state index < -0.39 is 10.0 Å². The van der Waals surface area contributed by atoms with Gasteiger partial charge in [-0.2, -0.15) is 4.52 Å². The van der Waals surface area contributed by atoms with Crippen LogP contribution in [0.5, 0.6) is 17.4 Å². The lowest BCUT2D eigenvalue weighted by molar-refractivity contribution is 0.0946. The molecule has 0 radical (unpaired) electrons. The molecule has 0 fully saturated rings. The van der Waals surface area contributed by atoms with Gasteiger partial charge in [-0.05, 0) is 42.5 Å². The fourth-order valence-electron chi connectivity index (χ4n) is 3.41.